The van der Waals surface area contributed by atoms with Crippen LogP contribution in [0, 0.1) is 5.82 Å². The van der Waals surface area contributed by atoms with Crippen LogP contribution in [-0.4, -0.2) is 21.8 Å². The molecule has 3 rings (SSSR count). The van der Waals surface area contributed by atoms with Gasteiger partial charge in [-0.3, -0.25) is 9.59 Å². The number of nitrogens with two attached hydrogens (primary N) is 1. The molecule has 1 aromatic heterocycles. The lowest BCUT2D eigenvalue weighted by atomic mass is 10.1. The molecule has 0 radical (unpaired) electrons. The number of carbonyl (C=O) groups is 2. The van der Waals surface area contributed by atoms with E-state index < -0.39 is 17.6 Å². The molecule has 2 aromatic carbocycles. The fraction of sp³-hybridized carbons (Fsp3) is 0.0526. The highest BCUT2D eigenvalue weighted by molar-refractivity contribution is 6.05. The maximum atomic E-state index is 13.2. The molecule has 4 N–H and O–H groups in total. The topological polar surface area (TPSA) is 110 Å². The summed E-state index contributed by atoms with van der Waals surface area (Å²) < 4.78 is 13.2. The van der Waals surface area contributed by atoms with Crippen molar-refractivity contribution in [1.82, 2.24) is 15.3 Å². The van der Waals surface area contributed by atoms with Gasteiger partial charge in [-0.2, -0.15) is 0 Å². The fourth-order valence-electron chi connectivity index (χ4n) is 2.39. The van der Waals surface area contributed by atoms with Gasteiger partial charge in [0.05, 0.1) is 0 Å². The smallest absolute Gasteiger partial charge is 0.278 e. The first kappa shape index (κ1) is 18.0. The van der Waals surface area contributed by atoms with Crippen molar-refractivity contribution in [1.29, 1.82) is 0 Å². The van der Waals surface area contributed by atoms with Crippen molar-refractivity contribution in [3.63, 3.8) is 0 Å². The van der Waals surface area contributed by atoms with Crippen LogP contribution in [0.15, 0.2) is 60.9 Å². The first-order valence-corrected chi connectivity index (χ1v) is 8.03. The molecule has 0 unspecified atom stereocenters. The van der Waals surface area contributed by atoms with Crippen LogP contribution >= 0.6 is 0 Å². The Labute approximate surface area is 154 Å². The van der Waals surface area contributed by atoms with Crippen LogP contribution in [0.25, 0.3) is 0 Å². The van der Waals surface area contributed by atoms with Crippen molar-refractivity contribution in [2.24, 2.45) is 0 Å². The van der Waals surface area contributed by atoms with Gasteiger partial charge in [0.1, 0.15) is 5.82 Å². The minimum Gasteiger partial charge on any atom is -0.382 e. The Morgan fingerprint density at radius 3 is 2.56 bits per heavy atom. The van der Waals surface area contributed by atoms with E-state index in [1.165, 1.54) is 30.6 Å². The molecular weight excluding hydrogens is 349 g/mol. The van der Waals surface area contributed by atoms with E-state index in [0.717, 1.165) is 11.6 Å². The normalized spacial score (nSPS) is 10.3. The lowest BCUT2D eigenvalue weighted by Crippen LogP contribution is -2.23. The number of nitrogens with one attached hydrogen (secondary N) is 2. The van der Waals surface area contributed by atoms with Crippen LogP contribution in [-0.2, 0) is 6.54 Å². The fourth-order valence-corrected chi connectivity index (χ4v) is 2.39. The second kappa shape index (κ2) is 8.05. The van der Waals surface area contributed by atoms with E-state index in [0.29, 0.717) is 5.69 Å². The number of aromatic nitrogens is 2. The van der Waals surface area contributed by atoms with E-state index in [-0.39, 0.29) is 23.6 Å². The molecular formula is C19H16FN5O2. The number of carbonyl (C=O) groups excluding carboxylic acids is 2. The minimum atomic E-state index is -0.485. The van der Waals surface area contributed by atoms with Crippen molar-refractivity contribution >= 4 is 23.3 Å². The van der Waals surface area contributed by atoms with E-state index in [9.17, 15) is 14.0 Å². The number of halogens is 1. The Morgan fingerprint density at radius 2 is 1.78 bits per heavy atom. The summed E-state index contributed by atoms with van der Waals surface area (Å²) in [6, 6.07) is 12.4. The van der Waals surface area contributed by atoms with Gasteiger partial charge < -0.3 is 16.4 Å². The number of rotatable bonds is 5. The molecule has 3 aromatic rings. The van der Waals surface area contributed by atoms with Crippen LogP contribution in [0.2, 0.25) is 0 Å². The van der Waals surface area contributed by atoms with Crippen LogP contribution < -0.4 is 16.4 Å². The highest BCUT2D eigenvalue weighted by atomic mass is 19.1. The van der Waals surface area contributed by atoms with Crippen LogP contribution in [0.1, 0.15) is 26.4 Å². The zero-order valence-electron chi connectivity index (χ0n) is 14.1. The second-order valence-electron chi connectivity index (χ2n) is 5.64. The van der Waals surface area contributed by atoms with Crippen molar-refractivity contribution in [2.45, 2.75) is 6.54 Å². The summed E-state index contributed by atoms with van der Waals surface area (Å²) in [5, 5.41) is 5.39. The lowest BCUT2D eigenvalue weighted by Gasteiger charge is -2.09. The van der Waals surface area contributed by atoms with E-state index in [1.807, 2.05) is 0 Å². The molecule has 1 heterocycles. The summed E-state index contributed by atoms with van der Waals surface area (Å²) in [6.45, 7) is 0.215. The third-order valence-electron chi connectivity index (χ3n) is 3.67. The Morgan fingerprint density at radius 1 is 1.00 bits per heavy atom. The molecule has 0 spiro atoms. The molecule has 0 fully saturated rings. The maximum absolute atomic E-state index is 13.2. The molecule has 0 bridgehead atoms. The summed E-state index contributed by atoms with van der Waals surface area (Å²) in [4.78, 5) is 32.0. The number of nitrogen functional groups attached to an aromatic ring is 1. The highest BCUT2D eigenvalue weighted by Gasteiger charge is 2.12. The minimum absolute atomic E-state index is 0.0299. The van der Waals surface area contributed by atoms with Crippen molar-refractivity contribution in [2.75, 3.05) is 11.1 Å². The van der Waals surface area contributed by atoms with Gasteiger partial charge >= 0.3 is 0 Å². The monoisotopic (exact) mass is 365 g/mol. The van der Waals surface area contributed by atoms with Gasteiger partial charge in [0.2, 0.25) is 0 Å². The predicted molar refractivity (Wildman–Crippen MR) is 98.4 cm³/mol. The van der Waals surface area contributed by atoms with Crippen molar-refractivity contribution < 1.29 is 14.0 Å². The lowest BCUT2D eigenvalue weighted by molar-refractivity contribution is 0.0949. The molecule has 0 aliphatic carbocycles. The number of hydrogen-bond acceptors (Lipinski definition) is 5. The summed E-state index contributed by atoms with van der Waals surface area (Å²) in [5.41, 5.74) is 7.18. The van der Waals surface area contributed by atoms with Crippen LogP contribution in [0.3, 0.4) is 0 Å². The average molecular weight is 365 g/mol. The number of nitrogens with zero attached hydrogens (tertiary/aromatic N) is 2. The summed E-state index contributed by atoms with van der Waals surface area (Å²) in [5.74, 6) is -1.32. The first-order valence-electron chi connectivity index (χ1n) is 8.03. The van der Waals surface area contributed by atoms with Gasteiger partial charge in [-0.25, -0.2) is 14.4 Å². The molecule has 0 saturated heterocycles. The largest absolute Gasteiger partial charge is 0.382 e. The van der Waals surface area contributed by atoms with Gasteiger partial charge in [0, 0.05) is 30.2 Å². The van der Waals surface area contributed by atoms with Crippen LogP contribution in [0.4, 0.5) is 15.9 Å². The molecule has 0 aliphatic rings. The molecule has 0 atom stereocenters. The van der Waals surface area contributed by atoms with Gasteiger partial charge in [-0.05, 0) is 35.9 Å². The number of hydrogen-bond donors (Lipinski definition) is 3. The third kappa shape index (κ3) is 4.63. The quantitative estimate of drug-likeness (QED) is 0.643. The Bertz CT molecular complexity index is 993. The zero-order chi connectivity index (χ0) is 19.2. The summed E-state index contributed by atoms with van der Waals surface area (Å²) in [7, 11) is 0. The van der Waals surface area contributed by atoms with E-state index in [1.54, 1.807) is 24.3 Å². The SMILES string of the molecule is Nc1nccnc1C(=O)Nc1cccc(CNC(=O)c2cccc(F)c2)c1. The van der Waals surface area contributed by atoms with Crippen molar-refractivity contribution in [3.8, 4) is 0 Å². The van der Waals surface area contributed by atoms with E-state index in [4.69, 9.17) is 5.73 Å². The molecule has 7 nitrogen and oxygen atoms in total. The van der Waals surface area contributed by atoms with Gasteiger partial charge in [0.15, 0.2) is 11.5 Å². The molecule has 0 saturated carbocycles. The summed E-state index contributed by atoms with van der Waals surface area (Å²) in [6.07, 6.45) is 2.78. The molecule has 8 heteroatoms. The van der Waals surface area contributed by atoms with Crippen molar-refractivity contribution in [3.05, 3.63) is 83.6 Å². The number of benzene rings is 2. The molecule has 0 aliphatic heterocycles. The van der Waals surface area contributed by atoms with Gasteiger partial charge in [0.25, 0.3) is 11.8 Å². The number of amides is 2. The maximum Gasteiger partial charge on any atom is 0.278 e. The molecule has 27 heavy (non-hydrogen) atoms. The average Bonchev–Trinajstić information content (AvgIpc) is 2.66. The molecule has 136 valence electrons. The Kier molecular flexibility index (Phi) is 5.36. The predicted octanol–water partition coefficient (Wildman–Crippen LogP) is 2.38. The second-order valence-corrected chi connectivity index (χ2v) is 5.64. The van der Waals surface area contributed by atoms with Crippen LogP contribution in [0.5, 0.6) is 0 Å². The highest BCUT2D eigenvalue weighted by Crippen LogP contribution is 2.13. The zero-order valence-corrected chi connectivity index (χ0v) is 14.1. The Balaban J connectivity index is 1.64. The standard InChI is InChI=1S/C19H16FN5O2/c20-14-5-2-4-13(10-14)18(26)24-11-12-3-1-6-15(9-12)25-19(27)16-17(21)23-8-7-22-16/h1-10H,11H2,(H2,21,23)(H,24,26)(H,25,27). The van der Waals surface area contributed by atoms with E-state index >= 15 is 0 Å². The Hall–Kier alpha value is -3.81. The van der Waals surface area contributed by atoms with E-state index in [2.05, 4.69) is 20.6 Å². The van der Waals surface area contributed by atoms with Gasteiger partial charge in [-0.15, -0.1) is 0 Å². The summed E-state index contributed by atoms with van der Waals surface area (Å²) >= 11 is 0. The van der Waals surface area contributed by atoms with Gasteiger partial charge in [-0.1, -0.05) is 18.2 Å². The number of anilines is 2. The third-order valence-corrected chi connectivity index (χ3v) is 3.67. The molecule has 2 amide bonds. The first-order chi connectivity index (χ1) is 13.0.